The van der Waals surface area contributed by atoms with E-state index < -0.39 is 0 Å². The lowest BCUT2D eigenvalue weighted by Crippen LogP contribution is -2.39. The van der Waals surface area contributed by atoms with Crippen molar-refractivity contribution in [1.29, 1.82) is 0 Å². The number of halogens is 1. The molecule has 3 aromatic rings. The molecule has 0 unspecified atom stereocenters. The number of aromatic hydroxyl groups is 1. The number of nitrogens with zero attached hydrogens (tertiary/aromatic N) is 3. The van der Waals surface area contributed by atoms with Crippen molar-refractivity contribution in [2.45, 2.75) is 18.9 Å². The summed E-state index contributed by atoms with van der Waals surface area (Å²) in [5, 5.41) is 21.7. The number of piperidine rings is 1. The van der Waals surface area contributed by atoms with E-state index in [0.717, 1.165) is 37.3 Å². The van der Waals surface area contributed by atoms with Gasteiger partial charge in [0.2, 0.25) is 0 Å². The maximum Gasteiger partial charge on any atom is 0.151 e. The fourth-order valence-electron chi connectivity index (χ4n) is 3.51. The van der Waals surface area contributed by atoms with Gasteiger partial charge in [0.15, 0.2) is 5.82 Å². The number of hydrogen-bond donors (Lipinski definition) is 2. The Hall–Kier alpha value is -3.59. The Kier molecular flexibility index (Phi) is 5.30. The molecule has 0 aliphatic carbocycles. The van der Waals surface area contributed by atoms with Gasteiger partial charge in [-0.3, -0.25) is 0 Å². The van der Waals surface area contributed by atoms with Gasteiger partial charge in [0, 0.05) is 24.7 Å². The topological polar surface area (TPSA) is 61.3 Å². The van der Waals surface area contributed by atoms with Gasteiger partial charge in [0.05, 0.1) is 16.9 Å². The van der Waals surface area contributed by atoms with Gasteiger partial charge in [-0.05, 0) is 55.3 Å². The molecule has 6 heteroatoms. The molecular formula is C23H21FN4O. The molecule has 1 aliphatic rings. The molecule has 0 atom stereocenters. The molecule has 5 nitrogen and oxygen atoms in total. The van der Waals surface area contributed by atoms with Crippen LogP contribution in [0.2, 0.25) is 0 Å². The summed E-state index contributed by atoms with van der Waals surface area (Å²) in [5.41, 5.74) is 2.48. The first-order chi connectivity index (χ1) is 14.1. The minimum atomic E-state index is -0.224. The van der Waals surface area contributed by atoms with Crippen molar-refractivity contribution in [3.05, 3.63) is 66.0 Å². The number of anilines is 2. The first-order valence-electron chi connectivity index (χ1n) is 9.54. The number of aromatic nitrogens is 2. The standard InChI is InChI=1S/C23H21FN4O/c1-2-16-15-17(7-9-22(16)29)20-8-10-23(27-26-20)28-13-11-18(12-14-28)25-21-6-4-3-5-19(21)24/h1,3-10,15,18,25,29H,11-14H2. The van der Waals surface area contributed by atoms with Crippen LogP contribution in [0.4, 0.5) is 15.9 Å². The number of rotatable bonds is 4. The van der Waals surface area contributed by atoms with Gasteiger partial charge in [-0.25, -0.2) is 4.39 Å². The van der Waals surface area contributed by atoms with Crippen LogP contribution < -0.4 is 10.2 Å². The van der Waals surface area contributed by atoms with Crippen LogP contribution in [0.15, 0.2) is 54.6 Å². The summed E-state index contributed by atoms with van der Waals surface area (Å²) in [4.78, 5) is 2.18. The van der Waals surface area contributed by atoms with Crippen molar-refractivity contribution in [3.8, 4) is 29.4 Å². The summed E-state index contributed by atoms with van der Waals surface area (Å²) in [5.74, 6) is 3.12. The Morgan fingerprint density at radius 3 is 2.55 bits per heavy atom. The van der Waals surface area contributed by atoms with Gasteiger partial charge in [0.25, 0.3) is 0 Å². The number of phenolic OH excluding ortho intramolecular Hbond substituents is 1. The molecule has 146 valence electrons. The second-order valence-corrected chi connectivity index (χ2v) is 7.04. The minimum Gasteiger partial charge on any atom is -0.507 e. The highest BCUT2D eigenvalue weighted by Crippen LogP contribution is 2.26. The largest absolute Gasteiger partial charge is 0.507 e. The van der Waals surface area contributed by atoms with Gasteiger partial charge >= 0.3 is 0 Å². The highest BCUT2D eigenvalue weighted by atomic mass is 19.1. The van der Waals surface area contributed by atoms with E-state index in [1.165, 1.54) is 6.07 Å². The van der Waals surface area contributed by atoms with Crippen molar-refractivity contribution in [1.82, 2.24) is 10.2 Å². The molecule has 0 radical (unpaired) electrons. The highest BCUT2D eigenvalue weighted by molar-refractivity contribution is 5.64. The minimum absolute atomic E-state index is 0.0766. The predicted octanol–water partition coefficient (Wildman–Crippen LogP) is 4.05. The Morgan fingerprint density at radius 2 is 1.86 bits per heavy atom. The predicted molar refractivity (Wildman–Crippen MR) is 112 cm³/mol. The van der Waals surface area contributed by atoms with Crippen LogP contribution in [-0.2, 0) is 0 Å². The maximum atomic E-state index is 13.8. The van der Waals surface area contributed by atoms with E-state index in [2.05, 4.69) is 26.3 Å². The number of hydrogen-bond acceptors (Lipinski definition) is 5. The molecule has 2 heterocycles. The van der Waals surface area contributed by atoms with Crippen molar-refractivity contribution in [2.24, 2.45) is 0 Å². The number of terminal acetylenes is 1. The second kappa shape index (κ2) is 8.19. The van der Waals surface area contributed by atoms with Crippen LogP contribution in [-0.4, -0.2) is 34.4 Å². The van der Waals surface area contributed by atoms with Crippen LogP contribution in [0.25, 0.3) is 11.3 Å². The Labute approximate surface area is 169 Å². The van der Waals surface area contributed by atoms with Gasteiger partial charge in [-0.1, -0.05) is 18.1 Å². The zero-order chi connectivity index (χ0) is 20.2. The molecule has 0 spiro atoms. The van der Waals surface area contributed by atoms with Crippen LogP contribution >= 0.6 is 0 Å². The zero-order valence-corrected chi connectivity index (χ0v) is 15.8. The van der Waals surface area contributed by atoms with E-state index in [1.54, 1.807) is 30.3 Å². The average molecular weight is 388 g/mol. The molecule has 1 saturated heterocycles. The fraction of sp³-hybridized carbons (Fsp3) is 0.217. The first kappa shape index (κ1) is 18.8. The van der Waals surface area contributed by atoms with Crippen LogP contribution in [0.5, 0.6) is 5.75 Å². The fourth-order valence-corrected chi connectivity index (χ4v) is 3.51. The van der Waals surface area contributed by atoms with Gasteiger partial charge < -0.3 is 15.3 Å². The molecule has 1 fully saturated rings. The molecule has 29 heavy (non-hydrogen) atoms. The quantitative estimate of drug-likeness (QED) is 0.661. The monoisotopic (exact) mass is 388 g/mol. The van der Waals surface area contributed by atoms with Crippen LogP contribution in [0.3, 0.4) is 0 Å². The Balaban J connectivity index is 1.39. The number of para-hydroxylation sites is 1. The Morgan fingerprint density at radius 1 is 1.07 bits per heavy atom. The highest BCUT2D eigenvalue weighted by Gasteiger charge is 2.21. The normalized spacial score (nSPS) is 14.4. The third-order valence-corrected chi connectivity index (χ3v) is 5.15. The van der Waals surface area contributed by atoms with E-state index in [1.807, 2.05) is 18.2 Å². The van der Waals surface area contributed by atoms with Crippen molar-refractivity contribution < 1.29 is 9.50 Å². The molecule has 1 aromatic heterocycles. The van der Waals surface area contributed by atoms with E-state index in [0.29, 0.717) is 16.9 Å². The molecule has 0 saturated carbocycles. The van der Waals surface area contributed by atoms with Crippen molar-refractivity contribution in [2.75, 3.05) is 23.3 Å². The SMILES string of the molecule is C#Cc1cc(-c2ccc(N3CCC(Nc4ccccc4F)CC3)nn2)ccc1O. The lowest BCUT2D eigenvalue weighted by molar-refractivity contribution is 0.474. The summed E-state index contributed by atoms with van der Waals surface area (Å²) in [7, 11) is 0. The summed E-state index contributed by atoms with van der Waals surface area (Å²) in [6, 6.07) is 15.9. The molecule has 0 amide bonds. The van der Waals surface area contributed by atoms with Crippen LogP contribution in [0.1, 0.15) is 18.4 Å². The van der Waals surface area contributed by atoms with Crippen LogP contribution in [0, 0.1) is 18.2 Å². The van der Waals surface area contributed by atoms with Gasteiger partial charge in [0.1, 0.15) is 11.6 Å². The summed E-state index contributed by atoms with van der Waals surface area (Å²) < 4.78 is 13.8. The maximum absolute atomic E-state index is 13.8. The zero-order valence-electron chi connectivity index (χ0n) is 15.8. The first-order valence-corrected chi connectivity index (χ1v) is 9.54. The lowest BCUT2D eigenvalue weighted by Gasteiger charge is -2.33. The number of benzene rings is 2. The summed E-state index contributed by atoms with van der Waals surface area (Å²) >= 11 is 0. The summed E-state index contributed by atoms with van der Waals surface area (Å²) in [6.07, 6.45) is 7.19. The molecule has 2 aromatic carbocycles. The van der Waals surface area contributed by atoms with Crippen molar-refractivity contribution in [3.63, 3.8) is 0 Å². The molecule has 1 aliphatic heterocycles. The molecule has 2 N–H and O–H groups in total. The van der Waals surface area contributed by atoms with E-state index in [-0.39, 0.29) is 17.6 Å². The van der Waals surface area contributed by atoms with E-state index in [4.69, 9.17) is 6.42 Å². The van der Waals surface area contributed by atoms with E-state index >= 15 is 0 Å². The van der Waals surface area contributed by atoms with Gasteiger partial charge in [-0.15, -0.1) is 16.6 Å². The Bertz CT molecular complexity index is 1040. The van der Waals surface area contributed by atoms with Gasteiger partial charge in [-0.2, -0.15) is 0 Å². The lowest BCUT2D eigenvalue weighted by atomic mass is 10.0. The second-order valence-electron chi connectivity index (χ2n) is 7.04. The van der Waals surface area contributed by atoms with Crippen molar-refractivity contribution >= 4 is 11.5 Å². The average Bonchev–Trinajstić information content (AvgIpc) is 2.76. The third-order valence-electron chi connectivity index (χ3n) is 5.15. The summed E-state index contributed by atoms with van der Waals surface area (Å²) in [6.45, 7) is 1.64. The third kappa shape index (κ3) is 4.14. The molecular weight excluding hydrogens is 367 g/mol. The number of nitrogens with one attached hydrogen (secondary N) is 1. The molecule has 0 bridgehead atoms. The van der Waals surface area contributed by atoms with E-state index in [9.17, 15) is 9.50 Å². The number of phenols is 1. The smallest absolute Gasteiger partial charge is 0.151 e. The molecule has 4 rings (SSSR count).